The first-order valence-electron chi connectivity index (χ1n) is 7.59. The Labute approximate surface area is 140 Å². The summed E-state index contributed by atoms with van der Waals surface area (Å²) in [5.41, 5.74) is 2.27. The van der Waals surface area contributed by atoms with E-state index in [9.17, 15) is 9.59 Å². The number of hydrogen-bond acceptors (Lipinski definition) is 4. The van der Waals surface area contributed by atoms with Gasteiger partial charge in [-0.15, -0.1) is 11.3 Å². The largest absolute Gasteiger partial charge is 0.491 e. The monoisotopic (exact) mass is 331 g/mol. The Morgan fingerprint density at radius 2 is 2.00 bits per heavy atom. The van der Waals surface area contributed by atoms with Crippen molar-refractivity contribution < 1.29 is 14.3 Å². The first-order chi connectivity index (χ1) is 11.1. The first-order valence-corrected chi connectivity index (χ1v) is 8.47. The molecule has 0 aliphatic carbocycles. The van der Waals surface area contributed by atoms with Crippen molar-refractivity contribution in [3.05, 3.63) is 51.7 Å². The molecule has 1 aromatic carbocycles. The third-order valence-electron chi connectivity index (χ3n) is 3.39. The van der Waals surface area contributed by atoms with Crippen LogP contribution in [0.3, 0.4) is 0 Å². The molecular formula is C18H21NO3S. The van der Waals surface area contributed by atoms with Gasteiger partial charge in [0.1, 0.15) is 12.4 Å². The van der Waals surface area contributed by atoms with E-state index in [0.717, 1.165) is 11.3 Å². The van der Waals surface area contributed by atoms with Gasteiger partial charge < -0.3 is 10.1 Å². The summed E-state index contributed by atoms with van der Waals surface area (Å²) in [5.74, 6) is 0.721. The van der Waals surface area contributed by atoms with Crippen molar-refractivity contribution in [2.45, 2.75) is 26.7 Å². The third-order valence-corrected chi connectivity index (χ3v) is 4.30. The molecule has 23 heavy (non-hydrogen) atoms. The number of amides is 1. The molecule has 0 saturated heterocycles. The van der Waals surface area contributed by atoms with Crippen molar-refractivity contribution in [1.82, 2.24) is 5.32 Å². The van der Waals surface area contributed by atoms with Gasteiger partial charge in [0.25, 0.3) is 0 Å². The summed E-state index contributed by atoms with van der Waals surface area (Å²) < 4.78 is 5.65. The van der Waals surface area contributed by atoms with Gasteiger partial charge in [-0.05, 0) is 36.9 Å². The number of ether oxygens (including phenoxy) is 1. The lowest BCUT2D eigenvalue weighted by atomic mass is 10.1. The van der Waals surface area contributed by atoms with Crippen LogP contribution in [0.1, 0.15) is 33.6 Å². The fourth-order valence-corrected chi connectivity index (χ4v) is 2.88. The van der Waals surface area contributed by atoms with E-state index < -0.39 is 0 Å². The molecule has 0 spiro atoms. The molecule has 122 valence electrons. The summed E-state index contributed by atoms with van der Waals surface area (Å²) in [7, 11) is 0. The Morgan fingerprint density at radius 1 is 1.17 bits per heavy atom. The van der Waals surface area contributed by atoms with Crippen LogP contribution in [0, 0.1) is 13.8 Å². The Hall–Kier alpha value is -2.14. The summed E-state index contributed by atoms with van der Waals surface area (Å²) >= 11 is 1.40. The molecule has 4 nitrogen and oxygen atoms in total. The molecule has 0 bridgehead atoms. The van der Waals surface area contributed by atoms with Gasteiger partial charge in [-0.2, -0.15) is 0 Å². The van der Waals surface area contributed by atoms with E-state index in [1.54, 1.807) is 6.07 Å². The minimum atomic E-state index is -0.126. The van der Waals surface area contributed by atoms with Gasteiger partial charge in [0, 0.05) is 12.8 Å². The minimum absolute atomic E-state index is 0.0154. The smallest absolute Gasteiger partial charge is 0.220 e. The molecule has 0 saturated carbocycles. The molecule has 0 atom stereocenters. The number of carbonyl (C=O) groups excluding carboxylic acids is 2. The van der Waals surface area contributed by atoms with Crippen LogP contribution in [-0.4, -0.2) is 24.8 Å². The molecule has 0 fully saturated rings. The molecular weight excluding hydrogens is 310 g/mol. The van der Waals surface area contributed by atoms with Crippen LogP contribution < -0.4 is 10.1 Å². The normalized spacial score (nSPS) is 10.3. The standard InChI is InChI=1S/C18H21NO3S/c1-13-5-7-16(14(2)12-13)22-10-9-19-18(21)8-6-15(20)17-4-3-11-23-17/h3-5,7,11-12H,6,8-10H2,1-2H3,(H,19,21). The molecule has 1 N–H and O–H groups in total. The second-order valence-electron chi connectivity index (χ2n) is 5.37. The van der Waals surface area contributed by atoms with E-state index in [4.69, 9.17) is 4.74 Å². The van der Waals surface area contributed by atoms with Crippen molar-refractivity contribution in [3.8, 4) is 5.75 Å². The highest BCUT2D eigenvalue weighted by atomic mass is 32.1. The van der Waals surface area contributed by atoms with Gasteiger partial charge >= 0.3 is 0 Å². The topological polar surface area (TPSA) is 55.4 Å². The zero-order chi connectivity index (χ0) is 16.7. The van der Waals surface area contributed by atoms with Gasteiger partial charge in [-0.25, -0.2) is 0 Å². The molecule has 1 aromatic heterocycles. The molecule has 0 aliphatic heterocycles. The summed E-state index contributed by atoms with van der Waals surface area (Å²) in [6, 6.07) is 9.61. The minimum Gasteiger partial charge on any atom is -0.491 e. The lowest BCUT2D eigenvalue weighted by molar-refractivity contribution is -0.121. The van der Waals surface area contributed by atoms with Crippen LogP contribution >= 0.6 is 11.3 Å². The van der Waals surface area contributed by atoms with E-state index in [1.807, 2.05) is 37.4 Å². The molecule has 1 heterocycles. The quantitative estimate of drug-likeness (QED) is 0.595. The fourth-order valence-electron chi connectivity index (χ4n) is 2.19. The maximum absolute atomic E-state index is 11.8. The predicted molar refractivity (Wildman–Crippen MR) is 92.3 cm³/mol. The van der Waals surface area contributed by atoms with Crippen LogP contribution in [0.25, 0.3) is 0 Å². The van der Waals surface area contributed by atoms with Crippen LogP contribution in [0.15, 0.2) is 35.7 Å². The number of nitrogens with one attached hydrogen (secondary N) is 1. The summed E-state index contributed by atoms with van der Waals surface area (Å²) in [6.45, 7) is 4.87. The van der Waals surface area contributed by atoms with Gasteiger partial charge in [0.15, 0.2) is 5.78 Å². The molecule has 0 unspecified atom stereocenters. The number of aryl methyl sites for hydroxylation is 2. The highest BCUT2D eigenvalue weighted by molar-refractivity contribution is 7.12. The molecule has 1 amide bonds. The number of carbonyl (C=O) groups is 2. The van der Waals surface area contributed by atoms with Crippen molar-refractivity contribution in [3.63, 3.8) is 0 Å². The zero-order valence-corrected chi connectivity index (χ0v) is 14.2. The van der Waals surface area contributed by atoms with Gasteiger partial charge in [-0.1, -0.05) is 23.8 Å². The number of thiophene rings is 1. The van der Waals surface area contributed by atoms with Gasteiger partial charge in [-0.3, -0.25) is 9.59 Å². The Bertz CT molecular complexity index is 665. The number of hydrogen-bond donors (Lipinski definition) is 1. The predicted octanol–water partition coefficient (Wildman–Crippen LogP) is 3.52. The van der Waals surface area contributed by atoms with Crippen LogP contribution in [0.2, 0.25) is 0 Å². The lowest BCUT2D eigenvalue weighted by Crippen LogP contribution is -2.28. The highest BCUT2D eigenvalue weighted by Crippen LogP contribution is 2.18. The van der Waals surface area contributed by atoms with Crippen molar-refractivity contribution in [1.29, 1.82) is 0 Å². The van der Waals surface area contributed by atoms with Crippen LogP contribution in [-0.2, 0) is 4.79 Å². The maximum atomic E-state index is 11.8. The molecule has 5 heteroatoms. The summed E-state index contributed by atoms with van der Waals surface area (Å²) in [5, 5.41) is 4.63. The second-order valence-corrected chi connectivity index (χ2v) is 6.32. The number of ketones is 1. The SMILES string of the molecule is Cc1ccc(OCCNC(=O)CCC(=O)c2cccs2)c(C)c1. The maximum Gasteiger partial charge on any atom is 0.220 e. The van der Waals surface area contributed by atoms with Crippen LogP contribution in [0.5, 0.6) is 5.75 Å². The average molecular weight is 331 g/mol. The Balaban J connectivity index is 1.64. The number of Topliss-reactive ketones (excluding diaryl/α,β-unsaturated/α-hetero) is 1. The molecule has 0 aliphatic rings. The van der Waals surface area contributed by atoms with E-state index in [2.05, 4.69) is 11.4 Å². The lowest BCUT2D eigenvalue weighted by Gasteiger charge is -2.10. The molecule has 2 aromatic rings. The second kappa shape index (κ2) is 8.48. The third kappa shape index (κ3) is 5.53. The number of benzene rings is 1. The van der Waals surface area contributed by atoms with Crippen molar-refractivity contribution in [2.75, 3.05) is 13.2 Å². The van der Waals surface area contributed by atoms with E-state index in [0.29, 0.717) is 18.0 Å². The average Bonchev–Trinajstić information content (AvgIpc) is 3.05. The fraction of sp³-hybridized carbons (Fsp3) is 0.333. The van der Waals surface area contributed by atoms with Crippen LogP contribution in [0.4, 0.5) is 0 Å². The van der Waals surface area contributed by atoms with Crippen molar-refractivity contribution in [2.24, 2.45) is 0 Å². The summed E-state index contributed by atoms with van der Waals surface area (Å²) in [6.07, 6.45) is 0.449. The summed E-state index contributed by atoms with van der Waals surface area (Å²) in [4.78, 5) is 24.2. The Kier molecular flexibility index (Phi) is 6.35. The number of rotatable bonds is 8. The van der Waals surface area contributed by atoms with Gasteiger partial charge in [0.2, 0.25) is 5.91 Å². The zero-order valence-electron chi connectivity index (χ0n) is 13.4. The molecule has 0 radical (unpaired) electrons. The van der Waals surface area contributed by atoms with E-state index >= 15 is 0 Å². The van der Waals surface area contributed by atoms with Crippen molar-refractivity contribution >= 4 is 23.0 Å². The van der Waals surface area contributed by atoms with E-state index in [1.165, 1.54) is 16.9 Å². The van der Waals surface area contributed by atoms with E-state index in [-0.39, 0.29) is 24.5 Å². The molecule has 2 rings (SSSR count). The highest BCUT2D eigenvalue weighted by Gasteiger charge is 2.09. The Morgan fingerprint density at radius 3 is 2.70 bits per heavy atom. The first kappa shape index (κ1) is 17.2. The van der Waals surface area contributed by atoms with Gasteiger partial charge in [0.05, 0.1) is 11.4 Å².